The second kappa shape index (κ2) is 8.75. The van der Waals surface area contributed by atoms with Crippen LogP contribution in [0.5, 0.6) is 0 Å². The van der Waals surface area contributed by atoms with Crippen LogP contribution < -0.4 is 5.32 Å². The smallest absolute Gasteiger partial charge is 0.237 e. The van der Waals surface area contributed by atoms with Crippen molar-refractivity contribution in [2.24, 2.45) is 0 Å². The van der Waals surface area contributed by atoms with Crippen molar-refractivity contribution in [1.82, 2.24) is 25.0 Å². The Balaban J connectivity index is 1.55. The van der Waals surface area contributed by atoms with Crippen LogP contribution in [0.4, 0.5) is 0 Å². The fraction of sp³-hybridized carbons (Fsp3) is 0.545. The van der Waals surface area contributed by atoms with Crippen LogP contribution >= 0.6 is 0 Å². The molecule has 2 aromatic rings. The maximum atomic E-state index is 12.5. The van der Waals surface area contributed by atoms with Gasteiger partial charge in [0.05, 0.1) is 18.3 Å². The summed E-state index contributed by atoms with van der Waals surface area (Å²) in [5, 5.41) is 17.3. The van der Waals surface area contributed by atoms with Gasteiger partial charge in [0.1, 0.15) is 6.04 Å². The van der Waals surface area contributed by atoms with Crippen LogP contribution in [-0.4, -0.2) is 50.2 Å². The van der Waals surface area contributed by atoms with Gasteiger partial charge in [-0.3, -0.25) is 14.5 Å². The van der Waals surface area contributed by atoms with Crippen molar-refractivity contribution in [3.8, 4) is 17.3 Å². The molecule has 0 spiro atoms. The molecule has 1 amide bonds. The Bertz CT molecular complexity index is 893. The van der Waals surface area contributed by atoms with E-state index in [0.717, 1.165) is 48.5 Å². The molecule has 0 aromatic carbocycles. The standard InChI is InChI=1S/C22H30N6O/c1-16-7-8-18(14-24-16)20-12-17(2)28(26-20)11-9-22(3,4)25-15-21(29)27-10-5-6-19(27)13-23/h7-8,12,14,19,25H,5-6,9-11,15H2,1-4H3/t19-/m0/s1. The number of hydrogen-bond acceptors (Lipinski definition) is 5. The molecule has 1 aliphatic heterocycles. The average Bonchev–Trinajstić information content (AvgIpc) is 3.32. The first kappa shape index (κ1) is 21.0. The summed E-state index contributed by atoms with van der Waals surface area (Å²) < 4.78 is 2.01. The number of nitriles is 1. The van der Waals surface area contributed by atoms with Crippen molar-refractivity contribution in [1.29, 1.82) is 5.26 Å². The fourth-order valence-corrected chi connectivity index (χ4v) is 3.59. The predicted molar refractivity (Wildman–Crippen MR) is 112 cm³/mol. The lowest BCUT2D eigenvalue weighted by Crippen LogP contribution is -2.48. The summed E-state index contributed by atoms with van der Waals surface area (Å²) in [6.07, 6.45) is 4.37. The van der Waals surface area contributed by atoms with E-state index in [4.69, 9.17) is 10.4 Å². The van der Waals surface area contributed by atoms with Crippen molar-refractivity contribution < 1.29 is 4.79 Å². The van der Waals surface area contributed by atoms with Crippen molar-refractivity contribution in [2.45, 2.75) is 65.1 Å². The van der Waals surface area contributed by atoms with Gasteiger partial charge in [0.2, 0.25) is 5.91 Å². The SMILES string of the molecule is Cc1ccc(-c2cc(C)n(CCC(C)(C)NCC(=O)N3CCC[C@H]3C#N)n2)cn1. The molecule has 1 aliphatic rings. The zero-order valence-corrected chi connectivity index (χ0v) is 17.8. The monoisotopic (exact) mass is 394 g/mol. The summed E-state index contributed by atoms with van der Waals surface area (Å²) in [7, 11) is 0. The number of rotatable bonds is 7. The van der Waals surface area contributed by atoms with E-state index in [9.17, 15) is 4.79 Å². The number of pyridine rings is 1. The largest absolute Gasteiger partial charge is 0.326 e. The molecule has 1 atom stereocenters. The molecule has 2 aromatic heterocycles. The minimum Gasteiger partial charge on any atom is -0.326 e. The second-order valence-electron chi connectivity index (χ2n) is 8.44. The van der Waals surface area contributed by atoms with Crippen LogP contribution in [0.15, 0.2) is 24.4 Å². The first-order valence-corrected chi connectivity index (χ1v) is 10.2. The van der Waals surface area contributed by atoms with Crippen LogP contribution in [0.25, 0.3) is 11.3 Å². The molecule has 0 unspecified atom stereocenters. The third kappa shape index (κ3) is 5.21. The quantitative estimate of drug-likeness (QED) is 0.780. The van der Waals surface area contributed by atoms with Gasteiger partial charge in [-0.05, 0) is 65.2 Å². The van der Waals surface area contributed by atoms with E-state index >= 15 is 0 Å². The van der Waals surface area contributed by atoms with Gasteiger partial charge >= 0.3 is 0 Å². The zero-order chi connectivity index (χ0) is 21.0. The lowest BCUT2D eigenvalue weighted by molar-refractivity contribution is -0.130. The van der Waals surface area contributed by atoms with Gasteiger partial charge in [-0.25, -0.2) is 0 Å². The summed E-state index contributed by atoms with van der Waals surface area (Å²) in [5.74, 6) is 0.00607. The average molecular weight is 395 g/mol. The number of amides is 1. The van der Waals surface area contributed by atoms with Gasteiger partial charge in [0, 0.05) is 41.8 Å². The molecule has 1 saturated heterocycles. The Labute approximate surface area is 172 Å². The highest BCUT2D eigenvalue weighted by atomic mass is 16.2. The first-order valence-electron chi connectivity index (χ1n) is 10.2. The van der Waals surface area contributed by atoms with E-state index in [-0.39, 0.29) is 24.0 Å². The van der Waals surface area contributed by atoms with Crippen molar-refractivity contribution >= 4 is 5.91 Å². The van der Waals surface area contributed by atoms with Crippen molar-refractivity contribution in [3.63, 3.8) is 0 Å². The molecular formula is C22H30N6O. The molecule has 0 bridgehead atoms. The molecule has 0 radical (unpaired) electrons. The molecule has 1 N–H and O–H groups in total. The topological polar surface area (TPSA) is 86.8 Å². The maximum Gasteiger partial charge on any atom is 0.237 e. The molecule has 1 fully saturated rings. The zero-order valence-electron chi connectivity index (χ0n) is 17.8. The Morgan fingerprint density at radius 2 is 2.17 bits per heavy atom. The number of carbonyl (C=O) groups excluding carboxylic acids is 1. The Hall–Kier alpha value is -2.72. The van der Waals surface area contributed by atoms with E-state index in [0.29, 0.717) is 6.54 Å². The minimum atomic E-state index is -0.270. The molecule has 7 nitrogen and oxygen atoms in total. The van der Waals surface area contributed by atoms with E-state index < -0.39 is 0 Å². The summed E-state index contributed by atoms with van der Waals surface area (Å²) in [4.78, 5) is 18.5. The number of aromatic nitrogens is 3. The predicted octanol–water partition coefficient (Wildman–Crippen LogP) is 2.83. The number of nitrogens with one attached hydrogen (secondary N) is 1. The summed E-state index contributed by atoms with van der Waals surface area (Å²) >= 11 is 0. The molecular weight excluding hydrogens is 364 g/mol. The van der Waals surface area contributed by atoms with Gasteiger partial charge in [0.25, 0.3) is 0 Å². The Morgan fingerprint density at radius 1 is 1.38 bits per heavy atom. The van der Waals surface area contributed by atoms with Gasteiger partial charge in [0.15, 0.2) is 0 Å². The molecule has 29 heavy (non-hydrogen) atoms. The second-order valence-corrected chi connectivity index (χ2v) is 8.44. The van der Waals surface area contributed by atoms with Crippen molar-refractivity contribution in [3.05, 3.63) is 35.8 Å². The molecule has 3 heterocycles. The third-order valence-corrected chi connectivity index (χ3v) is 5.58. The lowest BCUT2D eigenvalue weighted by Gasteiger charge is -2.28. The summed E-state index contributed by atoms with van der Waals surface area (Å²) in [6, 6.07) is 8.06. The van der Waals surface area contributed by atoms with E-state index in [1.54, 1.807) is 4.90 Å². The number of likely N-dealkylation sites (tertiary alicyclic amines) is 1. The highest BCUT2D eigenvalue weighted by Crippen LogP contribution is 2.20. The molecule has 0 aliphatic carbocycles. The number of carbonyl (C=O) groups is 1. The minimum absolute atomic E-state index is 0.00607. The highest BCUT2D eigenvalue weighted by molar-refractivity contribution is 5.79. The van der Waals surface area contributed by atoms with Crippen LogP contribution in [0.1, 0.15) is 44.5 Å². The molecule has 7 heteroatoms. The number of hydrogen-bond donors (Lipinski definition) is 1. The fourth-order valence-electron chi connectivity index (χ4n) is 3.59. The summed E-state index contributed by atoms with van der Waals surface area (Å²) in [6.45, 7) is 9.90. The third-order valence-electron chi connectivity index (χ3n) is 5.58. The molecule has 154 valence electrons. The summed E-state index contributed by atoms with van der Waals surface area (Å²) in [5.41, 5.74) is 3.80. The van der Waals surface area contributed by atoms with Crippen LogP contribution in [0, 0.1) is 25.2 Å². The van der Waals surface area contributed by atoms with E-state index in [2.05, 4.69) is 43.2 Å². The lowest BCUT2D eigenvalue weighted by atomic mass is 10.0. The number of aryl methyl sites for hydroxylation is 3. The highest BCUT2D eigenvalue weighted by Gasteiger charge is 2.29. The molecule has 0 saturated carbocycles. The molecule has 3 rings (SSSR count). The van der Waals surface area contributed by atoms with Crippen LogP contribution in [0.2, 0.25) is 0 Å². The van der Waals surface area contributed by atoms with Crippen LogP contribution in [-0.2, 0) is 11.3 Å². The van der Waals surface area contributed by atoms with E-state index in [1.807, 2.05) is 29.9 Å². The van der Waals surface area contributed by atoms with E-state index in [1.165, 1.54) is 0 Å². The van der Waals surface area contributed by atoms with Gasteiger partial charge in [-0.1, -0.05) is 0 Å². The van der Waals surface area contributed by atoms with Gasteiger partial charge in [-0.2, -0.15) is 10.4 Å². The Kier molecular flexibility index (Phi) is 6.33. The van der Waals surface area contributed by atoms with Gasteiger partial charge in [-0.15, -0.1) is 0 Å². The maximum absolute atomic E-state index is 12.5. The number of nitrogens with zero attached hydrogens (tertiary/aromatic N) is 5. The van der Waals surface area contributed by atoms with Crippen molar-refractivity contribution in [2.75, 3.05) is 13.1 Å². The van der Waals surface area contributed by atoms with Gasteiger partial charge < -0.3 is 10.2 Å². The first-order chi connectivity index (χ1) is 13.8. The van der Waals surface area contributed by atoms with Crippen LogP contribution in [0.3, 0.4) is 0 Å². The normalized spacial score (nSPS) is 16.8. The Morgan fingerprint density at radius 3 is 2.86 bits per heavy atom.